The molecule has 0 aliphatic heterocycles. The van der Waals surface area contributed by atoms with Gasteiger partial charge in [0.25, 0.3) is 5.19 Å². The zero-order valence-electron chi connectivity index (χ0n) is 17.7. The molecule has 4 rings (SSSR count). The molecule has 0 unspecified atom stereocenters. The van der Waals surface area contributed by atoms with Crippen LogP contribution in [0.15, 0.2) is 48.0 Å². The molecule has 1 N–H and O–H groups in total. The van der Waals surface area contributed by atoms with Gasteiger partial charge in [-0.1, -0.05) is 11.3 Å². The van der Waals surface area contributed by atoms with Gasteiger partial charge in [-0.05, 0) is 43.3 Å². The highest BCUT2D eigenvalue weighted by Crippen LogP contribution is 2.32. The van der Waals surface area contributed by atoms with Crippen LogP contribution in [-0.2, 0) is 6.54 Å². The van der Waals surface area contributed by atoms with E-state index in [-0.39, 0.29) is 24.6 Å². The number of aromatic carboxylic acids is 1. The van der Waals surface area contributed by atoms with Gasteiger partial charge < -0.3 is 23.9 Å². The van der Waals surface area contributed by atoms with Crippen molar-refractivity contribution in [3.63, 3.8) is 0 Å². The lowest BCUT2D eigenvalue weighted by molar-refractivity contribution is -0.274. The summed E-state index contributed by atoms with van der Waals surface area (Å²) in [5.41, 5.74) is 1.78. The SMILES string of the molecule is CCOc1nc(-c2nccc3c2cc(C(=O)O)n3CCOc2ccc(OC(F)(F)F)cc2)cs1. The Labute approximate surface area is 195 Å². The molecule has 34 heavy (non-hydrogen) atoms. The van der Waals surface area contributed by atoms with Crippen LogP contribution in [0.3, 0.4) is 0 Å². The molecule has 178 valence electrons. The van der Waals surface area contributed by atoms with Crippen LogP contribution in [0, 0.1) is 0 Å². The molecule has 3 heterocycles. The smallest absolute Gasteiger partial charge is 0.492 e. The number of benzene rings is 1. The zero-order chi connectivity index (χ0) is 24.3. The van der Waals surface area contributed by atoms with Crippen LogP contribution in [0.1, 0.15) is 17.4 Å². The fourth-order valence-electron chi connectivity index (χ4n) is 3.36. The molecule has 0 bridgehead atoms. The van der Waals surface area contributed by atoms with Crippen LogP contribution < -0.4 is 14.2 Å². The molecule has 0 radical (unpaired) electrons. The third-order valence-electron chi connectivity index (χ3n) is 4.68. The lowest BCUT2D eigenvalue weighted by Gasteiger charge is -2.12. The Bertz CT molecular complexity index is 1300. The maximum Gasteiger partial charge on any atom is 0.573 e. The first-order chi connectivity index (χ1) is 16.2. The number of alkyl halides is 3. The maximum absolute atomic E-state index is 12.3. The van der Waals surface area contributed by atoms with E-state index in [4.69, 9.17) is 9.47 Å². The van der Waals surface area contributed by atoms with Crippen molar-refractivity contribution in [1.82, 2.24) is 14.5 Å². The summed E-state index contributed by atoms with van der Waals surface area (Å²) in [5.74, 6) is -1.17. The van der Waals surface area contributed by atoms with Crippen LogP contribution in [-0.4, -0.2) is 45.2 Å². The second-order valence-corrected chi connectivity index (χ2v) is 7.70. The Kier molecular flexibility index (Phi) is 6.59. The molecule has 0 fully saturated rings. The Morgan fingerprint density at radius 2 is 1.88 bits per heavy atom. The molecule has 0 spiro atoms. The number of ether oxygens (including phenoxy) is 3. The Hall–Kier alpha value is -3.80. The minimum Gasteiger partial charge on any atom is -0.492 e. The van der Waals surface area contributed by atoms with E-state index >= 15 is 0 Å². The first-order valence-corrected chi connectivity index (χ1v) is 10.9. The Morgan fingerprint density at radius 3 is 2.56 bits per heavy atom. The summed E-state index contributed by atoms with van der Waals surface area (Å²) < 4.78 is 53.3. The summed E-state index contributed by atoms with van der Waals surface area (Å²) in [4.78, 5) is 20.7. The average Bonchev–Trinajstić information content (AvgIpc) is 3.39. The molecule has 8 nitrogen and oxygen atoms in total. The van der Waals surface area contributed by atoms with E-state index in [1.807, 2.05) is 6.92 Å². The van der Waals surface area contributed by atoms with Crippen LogP contribution >= 0.6 is 11.3 Å². The predicted molar refractivity (Wildman–Crippen MR) is 118 cm³/mol. The number of hydrogen-bond donors (Lipinski definition) is 1. The van der Waals surface area contributed by atoms with Gasteiger partial charge in [0.1, 0.15) is 29.5 Å². The maximum atomic E-state index is 12.3. The lowest BCUT2D eigenvalue weighted by Crippen LogP contribution is -2.17. The number of aromatic nitrogens is 3. The topological polar surface area (TPSA) is 95.7 Å². The van der Waals surface area contributed by atoms with Crippen LogP contribution in [0.4, 0.5) is 13.2 Å². The molecular formula is C22H18F3N3O5S. The molecular weight excluding hydrogens is 475 g/mol. The van der Waals surface area contributed by atoms with E-state index in [0.29, 0.717) is 39.8 Å². The van der Waals surface area contributed by atoms with Gasteiger partial charge in [0.2, 0.25) is 0 Å². The predicted octanol–water partition coefficient (Wildman–Crippen LogP) is 5.23. The summed E-state index contributed by atoms with van der Waals surface area (Å²) in [7, 11) is 0. The van der Waals surface area contributed by atoms with Gasteiger partial charge in [-0.25, -0.2) is 9.78 Å². The minimum atomic E-state index is -4.78. The monoisotopic (exact) mass is 493 g/mol. The van der Waals surface area contributed by atoms with Crippen molar-refractivity contribution in [3.05, 3.63) is 53.7 Å². The molecule has 0 aliphatic carbocycles. The summed E-state index contributed by atoms with van der Waals surface area (Å²) >= 11 is 1.32. The van der Waals surface area contributed by atoms with E-state index in [1.165, 1.54) is 29.5 Å². The van der Waals surface area contributed by atoms with Gasteiger partial charge in [-0.15, -0.1) is 13.2 Å². The molecule has 3 aromatic heterocycles. The van der Waals surface area contributed by atoms with Crippen LogP contribution in [0.2, 0.25) is 0 Å². The molecule has 0 saturated heterocycles. The van der Waals surface area contributed by atoms with Crippen molar-refractivity contribution in [2.75, 3.05) is 13.2 Å². The highest BCUT2D eigenvalue weighted by molar-refractivity contribution is 7.11. The third-order valence-corrected chi connectivity index (χ3v) is 5.44. The number of rotatable bonds is 9. The van der Waals surface area contributed by atoms with E-state index in [1.54, 1.807) is 22.2 Å². The van der Waals surface area contributed by atoms with Crippen molar-refractivity contribution >= 4 is 28.2 Å². The Balaban J connectivity index is 1.55. The number of carbonyl (C=O) groups is 1. The van der Waals surface area contributed by atoms with Crippen molar-refractivity contribution in [2.24, 2.45) is 0 Å². The molecule has 4 aromatic rings. The minimum absolute atomic E-state index is 0.0436. The number of carboxylic acid groups (broad SMARTS) is 1. The zero-order valence-corrected chi connectivity index (χ0v) is 18.5. The van der Waals surface area contributed by atoms with Gasteiger partial charge >= 0.3 is 12.3 Å². The van der Waals surface area contributed by atoms with Crippen molar-refractivity contribution in [1.29, 1.82) is 0 Å². The molecule has 0 saturated carbocycles. The quantitative estimate of drug-likeness (QED) is 0.341. The highest BCUT2D eigenvalue weighted by atomic mass is 32.1. The van der Waals surface area contributed by atoms with Crippen molar-refractivity contribution < 1.29 is 37.3 Å². The average molecular weight is 493 g/mol. The number of fused-ring (bicyclic) bond motifs is 1. The molecule has 0 atom stereocenters. The second-order valence-electron chi connectivity index (χ2n) is 6.88. The summed E-state index contributed by atoms with van der Waals surface area (Å²) in [6.45, 7) is 2.58. The fraction of sp³-hybridized carbons (Fsp3) is 0.227. The molecule has 0 aliphatic rings. The second kappa shape index (κ2) is 9.59. The van der Waals surface area contributed by atoms with E-state index in [0.717, 1.165) is 12.1 Å². The number of thiazole rings is 1. The van der Waals surface area contributed by atoms with Gasteiger partial charge in [-0.3, -0.25) is 4.98 Å². The van der Waals surface area contributed by atoms with Gasteiger partial charge in [0.15, 0.2) is 0 Å². The molecule has 0 amide bonds. The summed E-state index contributed by atoms with van der Waals surface area (Å²) in [6.07, 6.45) is -3.21. The Morgan fingerprint density at radius 1 is 1.15 bits per heavy atom. The number of carboxylic acids is 1. The first-order valence-electron chi connectivity index (χ1n) is 10.0. The van der Waals surface area contributed by atoms with E-state index in [2.05, 4.69) is 14.7 Å². The standard InChI is InChI=1S/C22H18F3N3O5S/c1-2-31-21-27-16(12-34-21)19-15-11-18(20(29)30)28(17(15)7-8-26-19)9-10-32-13-3-5-14(6-4-13)33-22(23,24)25/h3-8,11-12H,2,9-10H2,1H3,(H,29,30). The number of nitrogens with zero attached hydrogens (tertiary/aromatic N) is 3. The van der Waals surface area contributed by atoms with E-state index in [9.17, 15) is 23.1 Å². The number of pyridine rings is 1. The van der Waals surface area contributed by atoms with Gasteiger partial charge in [0.05, 0.1) is 24.4 Å². The normalized spacial score (nSPS) is 11.5. The lowest BCUT2D eigenvalue weighted by atomic mass is 10.2. The summed E-state index contributed by atoms with van der Waals surface area (Å²) in [6, 6.07) is 8.19. The van der Waals surface area contributed by atoms with Crippen molar-refractivity contribution in [3.8, 4) is 28.1 Å². The molecule has 12 heteroatoms. The van der Waals surface area contributed by atoms with Gasteiger partial charge in [0, 0.05) is 17.0 Å². The number of hydrogen-bond acceptors (Lipinski definition) is 7. The van der Waals surface area contributed by atoms with Gasteiger partial charge in [-0.2, -0.15) is 0 Å². The fourth-order valence-corrected chi connectivity index (χ4v) is 4.07. The van der Waals surface area contributed by atoms with Crippen LogP contribution in [0.5, 0.6) is 16.7 Å². The first kappa shape index (κ1) is 23.4. The number of halogens is 3. The highest BCUT2D eigenvalue weighted by Gasteiger charge is 2.31. The molecule has 1 aromatic carbocycles. The van der Waals surface area contributed by atoms with Crippen molar-refractivity contribution in [2.45, 2.75) is 19.8 Å². The largest absolute Gasteiger partial charge is 0.573 e. The van der Waals surface area contributed by atoms with E-state index < -0.39 is 12.3 Å². The van der Waals surface area contributed by atoms with Crippen LogP contribution in [0.25, 0.3) is 22.3 Å². The summed E-state index contributed by atoms with van der Waals surface area (Å²) in [5, 5.41) is 12.6. The third kappa shape index (κ3) is 5.22.